The number of fused-ring (bicyclic) bond motifs is 3. The molecule has 0 radical (unpaired) electrons. The number of hydrogen-bond donors (Lipinski definition) is 0. The fourth-order valence-corrected chi connectivity index (χ4v) is 2.22. The van der Waals surface area contributed by atoms with Gasteiger partial charge >= 0.3 is 5.63 Å². The van der Waals surface area contributed by atoms with Gasteiger partial charge in [-0.25, -0.2) is 4.79 Å². The summed E-state index contributed by atoms with van der Waals surface area (Å²) >= 11 is 0. The van der Waals surface area contributed by atoms with Crippen molar-refractivity contribution >= 4 is 27.6 Å². The molecule has 0 atom stereocenters. The van der Waals surface area contributed by atoms with Gasteiger partial charge in [0.15, 0.2) is 6.61 Å². The van der Waals surface area contributed by atoms with E-state index in [0.717, 1.165) is 10.8 Å². The summed E-state index contributed by atoms with van der Waals surface area (Å²) < 4.78 is 10.8. The molecular formula is C17H15NO4. The van der Waals surface area contributed by atoms with Crippen LogP contribution in [0.4, 0.5) is 0 Å². The Morgan fingerprint density at radius 3 is 2.55 bits per heavy atom. The van der Waals surface area contributed by atoms with E-state index in [2.05, 4.69) is 0 Å². The van der Waals surface area contributed by atoms with Gasteiger partial charge in [0, 0.05) is 25.5 Å². The van der Waals surface area contributed by atoms with E-state index < -0.39 is 0 Å². The van der Waals surface area contributed by atoms with Crippen LogP contribution in [0.2, 0.25) is 0 Å². The summed E-state index contributed by atoms with van der Waals surface area (Å²) in [4.78, 5) is 25.0. The summed E-state index contributed by atoms with van der Waals surface area (Å²) in [6.07, 6.45) is 0. The zero-order chi connectivity index (χ0) is 15.7. The van der Waals surface area contributed by atoms with Gasteiger partial charge in [0.05, 0.1) is 5.39 Å². The van der Waals surface area contributed by atoms with Gasteiger partial charge in [0.1, 0.15) is 11.3 Å². The lowest BCUT2D eigenvalue weighted by Gasteiger charge is -2.11. The number of ether oxygens (including phenoxy) is 1. The fraction of sp³-hybridized carbons (Fsp3) is 0.176. The number of carbonyl (C=O) groups excluding carboxylic acids is 1. The average Bonchev–Trinajstić information content (AvgIpc) is 2.52. The number of nitrogens with zero attached hydrogens (tertiary/aromatic N) is 1. The quantitative estimate of drug-likeness (QED) is 0.550. The maximum atomic E-state index is 12.0. The maximum Gasteiger partial charge on any atom is 0.344 e. The van der Waals surface area contributed by atoms with Crippen molar-refractivity contribution in [2.45, 2.75) is 0 Å². The van der Waals surface area contributed by atoms with Crippen LogP contribution in [0.25, 0.3) is 21.7 Å². The van der Waals surface area contributed by atoms with Crippen molar-refractivity contribution in [3.05, 3.63) is 52.9 Å². The largest absolute Gasteiger partial charge is 0.484 e. The number of hydrogen-bond acceptors (Lipinski definition) is 4. The second-order valence-electron chi connectivity index (χ2n) is 5.17. The highest BCUT2D eigenvalue weighted by Gasteiger charge is 2.09. The van der Waals surface area contributed by atoms with Crippen molar-refractivity contribution in [1.82, 2.24) is 4.90 Å². The summed E-state index contributed by atoms with van der Waals surface area (Å²) in [5.41, 5.74) is 0.0584. The number of rotatable bonds is 3. The summed E-state index contributed by atoms with van der Waals surface area (Å²) in [6.45, 7) is -0.0592. The van der Waals surface area contributed by atoms with E-state index in [1.54, 1.807) is 38.4 Å². The summed E-state index contributed by atoms with van der Waals surface area (Å²) in [6, 6.07) is 12.5. The molecule has 0 aliphatic heterocycles. The molecule has 0 saturated carbocycles. The van der Waals surface area contributed by atoms with Crippen molar-refractivity contribution in [1.29, 1.82) is 0 Å². The van der Waals surface area contributed by atoms with E-state index >= 15 is 0 Å². The predicted molar refractivity (Wildman–Crippen MR) is 84.2 cm³/mol. The van der Waals surface area contributed by atoms with Crippen LogP contribution in [0.15, 0.2) is 51.7 Å². The first-order valence-corrected chi connectivity index (χ1v) is 6.85. The topological polar surface area (TPSA) is 59.8 Å². The zero-order valence-electron chi connectivity index (χ0n) is 12.3. The highest BCUT2D eigenvalue weighted by atomic mass is 16.5. The van der Waals surface area contributed by atoms with E-state index in [1.165, 1.54) is 4.90 Å². The molecule has 112 valence electrons. The van der Waals surface area contributed by atoms with Gasteiger partial charge < -0.3 is 14.1 Å². The van der Waals surface area contributed by atoms with Gasteiger partial charge in [0.25, 0.3) is 5.91 Å². The van der Waals surface area contributed by atoms with Gasteiger partial charge in [0.2, 0.25) is 0 Å². The Morgan fingerprint density at radius 1 is 1.09 bits per heavy atom. The molecule has 0 N–H and O–H groups in total. The molecular weight excluding hydrogens is 282 g/mol. The maximum absolute atomic E-state index is 12.0. The van der Waals surface area contributed by atoms with Crippen molar-refractivity contribution in [3.63, 3.8) is 0 Å². The minimum Gasteiger partial charge on any atom is -0.484 e. The summed E-state index contributed by atoms with van der Waals surface area (Å²) in [7, 11) is 3.33. The second kappa shape index (κ2) is 5.52. The Bertz CT molecular complexity index is 911. The molecule has 5 nitrogen and oxygen atoms in total. The molecule has 0 bridgehead atoms. The summed E-state index contributed by atoms with van der Waals surface area (Å²) in [5, 5.41) is 2.22. The van der Waals surface area contributed by atoms with E-state index in [1.807, 2.05) is 18.2 Å². The fourth-order valence-electron chi connectivity index (χ4n) is 2.22. The molecule has 5 heteroatoms. The molecule has 1 amide bonds. The second-order valence-corrected chi connectivity index (χ2v) is 5.17. The molecule has 1 aromatic heterocycles. The molecule has 3 aromatic rings. The molecule has 22 heavy (non-hydrogen) atoms. The monoisotopic (exact) mass is 297 g/mol. The SMILES string of the molecule is CN(C)C(=O)COc1ccc2c(c1)oc(=O)c1ccccc12. The number of likely N-dealkylation sites (N-methyl/N-ethyl adjacent to an activating group) is 1. The van der Waals surface area contributed by atoms with Gasteiger partial charge in [-0.1, -0.05) is 18.2 Å². The van der Waals surface area contributed by atoms with E-state index in [4.69, 9.17) is 9.15 Å². The summed E-state index contributed by atoms with van der Waals surface area (Å²) in [5.74, 6) is 0.348. The minimum atomic E-state index is -0.385. The highest BCUT2D eigenvalue weighted by Crippen LogP contribution is 2.26. The first-order chi connectivity index (χ1) is 10.6. The number of benzene rings is 2. The van der Waals surface area contributed by atoms with Crippen LogP contribution in [-0.4, -0.2) is 31.5 Å². The third kappa shape index (κ3) is 2.53. The Morgan fingerprint density at radius 2 is 1.82 bits per heavy atom. The van der Waals surface area contributed by atoms with E-state index in [-0.39, 0.29) is 18.1 Å². The third-order valence-corrected chi connectivity index (χ3v) is 3.45. The smallest absolute Gasteiger partial charge is 0.344 e. The van der Waals surface area contributed by atoms with Crippen molar-refractivity contribution in [3.8, 4) is 5.75 Å². The Labute approximate surface area is 126 Å². The van der Waals surface area contributed by atoms with Crippen LogP contribution in [0.5, 0.6) is 5.75 Å². The lowest BCUT2D eigenvalue weighted by Crippen LogP contribution is -2.27. The van der Waals surface area contributed by atoms with Crippen LogP contribution in [0, 0.1) is 0 Å². The molecule has 0 aliphatic rings. The van der Waals surface area contributed by atoms with Crippen molar-refractivity contribution in [2.75, 3.05) is 20.7 Å². The highest BCUT2D eigenvalue weighted by molar-refractivity contribution is 6.04. The Balaban J connectivity index is 2.02. The van der Waals surface area contributed by atoms with Gasteiger partial charge in [-0.05, 0) is 23.6 Å². The molecule has 2 aromatic carbocycles. The van der Waals surface area contributed by atoms with Crippen LogP contribution in [0.1, 0.15) is 0 Å². The predicted octanol–water partition coefficient (Wildman–Crippen LogP) is 2.41. The molecule has 0 unspecified atom stereocenters. The Hall–Kier alpha value is -2.82. The van der Waals surface area contributed by atoms with Crippen LogP contribution < -0.4 is 10.4 Å². The van der Waals surface area contributed by atoms with Crippen LogP contribution >= 0.6 is 0 Å². The molecule has 0 saturated heterocycles. The molecule has 0 spiro atoms. The first kappa shape index (κ1) is 14.1. The minimum absolute atomic E-state index is 0.0592. The zero-order valence-corrected chi connectivity index (χ0v) is 12.3. The van der Waals surface area contributed by atoms with Gasteiger partial charge in [-0.3, -0.25) is 4.79 Å². The van der Waals surface area contributed by atoms with E-state index in [9.17, 15) is 9.59 Å². The first-order valence-electron chi connectivity index (χ1n) is 6.85. The van der Waals surface area contributed by atoms with E-state index in [0.29, 0.717) is 16.7 Å². The molecule has 0 aliphatic carbocycles. The molecule has 1 heterocycles. The van der Waals surface area contributed by atoms with Crippen molar-refractivity contribution in [2.24, 2.45) is 0 Å². The van der Waals surface area contributed by atoms with Crippen LogP contribution in [0.3, 0.4) is 0 Å². The van der Waals surface area contributed by atoms with Gasteiger partial charge in [-0.2, -0.15) is 0 Å². The Kier molecular flexibility index (Phi) is 3.55. The van der Waals surface area contributed by atoms with Gasteiger partial charge in [-0.15, -0.1) is 0 Å². The molecule has 3 rings (SSSR count). The lowest BCUT2D eigenvalue weighted by molar-refractivity contribution is -0.130. The normalized spacial score (nSPS) is 10.8. The molecule has 0 fully saturated rings. The standard InChI is InChI=1S/C17H15NO4/c1-18(2)16(19)10-21-11-7-8-13-12-5-3-4-6-14(12)17(20)22-15(13)9-11/h3-9H,10H2,1-2H3. The number of amides is 1. The van der Waals surface area contributed by atoms with Crippen molar-refractivity contribution < 1.29 is 13.9 Å². The third-order valence-electron chi connectivity index (χ3n) is 3.45. The van der Waals surface area contributed by atoms with Crippen LogP contribution in [-0.2, 0) is 4.79 Å². The lowest BCUT2D eigenvalue weighted by atomic mass is 10.1. The average molecular weight is 297 g/mol. The number of carbonyl (C=O) groups is 1.